The van der Waals surface area contributed by atoms with Gasteiger partial charge in [-0.05, 0) is 56.4 Å². The fourth-order valence-corrected chi connectivity index (χ4v) is 7.29. The molecule has 0 aromatic heterocycles. The number of nitrogens with one attached hydrogen (secondary N) is 3. The van der Waals surface area contributed by atoms with Gasteiger partial charge in [0.2, 0.25) is 10.0 Å². The number of hydrogen-bond acceptors (Lipinski definition) is 11. The van der Waals surface area contributed by atoms with Gasteiger partial charge in [0.05, 0.1) is 30.3 Å². The van der Waals surface area contributed by atoms with E-state index in [9.17, 15) is 18.3 Å². The highest BCUT2D eigenvalue weighted by Gasteiger charge is 2.44. The second-order valence-electron chi connectivity index (χ2n) is 14.3. The van der Waals surface area contributed by atoms with Crippen molar-refractivity contribution in [3.8, 4) is 0 Å². The van der Waals surface area contributed by atoms with Crippen LogP contribution in [0.5, 0.6) is 0 Å². The Bertz CT molecular complexity index is 1670. The van der Waals surface area contributed by atoms with E-state index in [2.05, 4.69) is 34.3 Å². The number of nitrogens with zero attached hydrogens (tertiary/aromatic N) is 2. The van der Waals surface area contributed by atoms with Gasteiger partial charge in [0.25, 0.3) is 6.02 Å². The van der Waals surface area contributed by atoms with E-state index in [1.807, 2.05) is 74.5 Å². The fourth-order valence-electron chi connectivity index (χ4n) is 6.42. The summed E-state index contributed by atoms with van der Waals surface area (Å²) in [6, 6.07) is 18.5. The van der Waals surface area contributed by atoms with Gasteiger partial charge in [-0.3, -0.25) is 0 Å². The molecule has 2 saturated heterocycles. The highest BCUT2D eigenvalue weighted by Crippen LogP contribution is 2.36. The van der Waals surface area contributed by atoms with Crippen LogP contribution in [0.15, 0.2) is 88.5 Å². The Morgan fingerprint density at radius 3 is 2.38 bits per heavy atom. The molecular formula is C38H53N5O8S. The molecule has 0 saturated carbocycles. The number of ether oxygens (including phenoxy) is 4. The number of hydrazine groups is 1. The largest absolute Gasteiger partial charge is 0.445 e. The second-order valence-corrected chi connectivity index (χ2v) is 16.1. The van der Waals surface area contributed by atoms with Crippen LogP contribution in [-0.4, -0.2) is 87.5 Å². The molecule has 2 bridgehead atoms. The molecule has 5 rings (SSSR count). The molecule has 0 radical (unpaired) electrons. The number of aliphatic imine (C=N–C) groups is 1. The number of amidine groups is 1. The quantitative estimate of drug-likeness (QED) is 0.195. The van der Waals surface area contributed by atoms with E-state index in [-0.39, 0.29) is 54.5 Å². The number of fused-ring (bicyclic) bond motifs is 2. The van der Waals surface area contributed by atoms with Crippen molar-refractivity contribution in [2.45, 2.75) is 84.6 Å². The van der Waals surface area contributed by atoms with Crippen molar-refractivity contribution in [3.63, 3.8) is 0 Å². The Hall–Kier alpha value is -3.79. The summed E-state index contributed by atoms with van der Waals surface area (Å²) in [6.45, 7) is 10.7. The van der Waals surface area contributed by atoms with Gasteiger partial charge in [-0.2, -0.15) is 0 Å². The number of amides is 1. The van der Waals surface area contributed by atoms with Gasteiger partial charge in [-0.15, -0.1) is 4.83 Å². The molecule has 52 heavy (non-hydrogen) atoms. The highest BCUT2D eigenvalue weighted by molar-refractivity contribution is 7.93. The van der Waals surface area contributed by atoms with Crippen LogP contribution in [0.25, 0.3) is 0 Å². The van der Waals surface area contributed by atoms with Crippen molar-refractivity contribution in [1.29, 1.82) is 0 Å². The first-order chi connectivity index (χ1) is 24.9. The lowest BCUT2D eigenvalue weighted by atomic mass is 9.84. The number of rotatable bonds is 15. The van der Waals surface area contributed by atoms with Gasteiger partial charge < -0.3 is 34.7 Å². The summed E-state index contributed by atoms with van der Waals surface area (Å²) < 4.78 is 50.8. The Kier molecular flexibility index (Phi) is 13.9. The predicted molar refractivity (Wildman–Crippen MR) is 198 cm³/mol. The molecule has 14 heteroatoms. The first-order valence-electron chi connectivity index (χ1n) is 18.0. The monoisotopic (exact) mass is 739 g/mol. The summed E-state index contributed by atoms with van der Waals surface area (Å²) in [6.07, 6.45) is 1.37. The standard InChI is InChI=1S/C38H53N5O8S/c1-25(2)32-24-49-35-19-30(23-48-35)36(32)51-38(45)41-33(18-28-12-8-6-9-13-28)34(44)22-43(21-29-14-10-7-11-15-29)42-52(46,47)27(5)16-17-31-20-39-37(50-31)40-26(3)4/h6-17,25-26,30,32-36,42,44H,18-24H2,1-5H3,(H,39,40)(H,41,45)/b27-16+,31-17+/t30?,32-,33?,34+,35?,36?/m0/s1. The maximum absolute atomic E-state index is 13.6. The number of alkyl carbamates (subject to hydrolysis) is 1. The Balaban J connectivity index is 1.32. The van der Waals surface area contributed by atoms with Crippen LogP contribution >= 0.6 is 0 Å². The van der Waals surface area contributed by atoms with E-state index in [1.165, 1.54) is 18.0 Å². The van der Waals surface area contributed by atoms with E-state index in [0.717, 1.165) is 11.1 Å². The zero-order valence-electron chi connectivity index (χ0n) is 30.6. The van der Waals surface area contributed by atoms with Crippen molar-refractivity contribution >= 4 is 22.1 Å². The zero-order valence-corrected chi connectivity index (χ0v) is 31.4. The number of hydrogen-bond donors (Lipinski definition) is 4. The number of benzene rings is 2. The number of sulfonamides is 1. The topological polar surface area (TPSA) is 160 Å². The van der Waals surface area contributed by atoms with E-state index < -0.39 is 34.4 Å². The lowest BCUT2D eigenvalue weighted by molar-refractivity contribution is -0.139. The second kappa shape index (κ2) is 18.3. The first kappa shape index (κ1) is 39.4. The van der Waals surface area contributed by atoms with Gasteiger partial charge in [0, 0.05) is 37.4 Å². The van der Waals surface area contributed by atoms with Crippen molar-refractivity contribution < 1.29 is 37.3 Å². The van der Waals surface area contributed by atoms with Crippen LogP contribution in [0.1, 0.15) is 52.2 Å². The minimum absolute atomic E-state index is 0.00243. The minimum Gasteiger partial charge on any atom is -0.445 e. The molecule has 4 N–H and O–H groups in total. The minimum atomic E-state index is -4.06. The molecule has 13 nitrogen and oxygen atoms in total. The van der Waals surface area contributed by atoms with Crippen LogP contribution in [0.3, 0.4) is 0 Å². The molecule has 3 aliphatic rings. The Labute approximate surface area is 307 Å². The van der Waals surface area contributed by atoms with Crippen LogP contribution in [0.2, 0.25) is 0 Å². The Morgan fingerprint density at radius 2 is 1.71 bits per heavy atom. The zero-order chi connectivity index (χ0) is 37.3. The summed E-state index contributed by atoms with van der Waals surface area (Å²) in [5, 5.41) is 19.2. The molecule has 2 fully saturated rings. The van der Waals surface area contributed by atoms with Crippen LogP contribution in [0.4, 0.5) is 4.79 Å². The van der Waals surface area contributed by atoms with Crippen molar-refractivity contribution in [2.24, 2.45) is 22.7 Å². The molecule has 4 unspecified atom stereocenters. The van der Waals surface area contributed by atoms with E-state index in [4.69, 9.17) is 18.9 Å². The van der Waals surface area contributed by atoms with Crippen LogP contribution in [-0.2, 0) is 41.9 Å². The summed E-state index contributed by atoms with van der Waals surface area (Å²) >= 11 is 0. The van der Waals surface area contributed by atoms with E-state index >= 15 is 0 Å². The average Bonchev–Trinajstić information content (AvgIpc) is 3.71. The third-order valence-electron chi connectivity index (χ3n) is 9.34. The van der Waals surface area contributed by atoms with Gasteiger partial charge in [0.1, 0.15) is 18.4 Å². The molecule has 3 heterocycles. The third-order valence-corrected chi connectivity index (χ3v) is 10.8. The average molecular weight is 740 g/mol. The number of aliphatic hydroxyl groups is 1. The van der Waals surface area contributed by atoms with Crippen LogP contribution in [0, 0.1) is 17.8 Å². The molecule has 284 valence electrons. The normalized spacial score (nSPS) is 24.1. The number of carbonyl (C=O) groups excluding carboxylic acids is 1. The summed E-state index contributed by atoms with van der Waals surface area (Å²) in [7, 11) is -4.06. The number of allylic oxidation sites excluding steroid dienone is 3. The van der Waals surface area contributed by atoms with Crippen molar-refractivity contribution in [2.75, 3.05) is 26.3 Å². The maximum Gasteiger partial charge on any atom is 0.407 e. The molecule has 3 aliphatic heterocycles. The molecule has 0 spiro atoms. The van der Waals surface area contributed by atoms with E-state index in [1.54, 1.807) is 6.08 Å². The first-order valence-corrected chi connectivity index (χ1v) is 19.4. The highest BCUT2D eigenvalue weighted by atomic mass is 32.2. The van der Waals surface area contributed by atoms with E-state index in [0.29, 0.717) is 38.0 Å². The lowest BCUT2D eigenvalue weighted by Crippen LogP contribution is -2.53. The maximum atomic E-state index is 13.6. The summed E-state index contributed by atoms with van der Waals surface area (Å²) in [5.41, 5.74) is 1.70. The Morgan fingerprint density at radius 1 is 1.04 bits per heavy atom. The van der Waals surface area contributed by atoms with Crippen molar-refractivity contribution in [1.82, 2.24) is 20.5 Å². The van der Waals surface area contributed by atoms with Gasteiger partial charge in [-0.1, -0.05) is 74.5 Å². The fraction of sp³-hybridized carbons (Fsp3) is 0.526. The van der Waals surface area contributed by atoms with Crippen molar-refractivity contribution in [3.05, 3.63) is 94.6 Å². The smallest absolute Gasteiger partial charge is 0.407 e. The van der Waals surface area contributed by atoms with Gasteiger partial charge in [0.15, 0.2) is 6.29 Å². The van der Waals surface area contributed by atoms with Gasteiger partial charge in [-0.25, -0.2) is 23.2 Å². The third kappa shape index (κ3) is 11.4. The van der Waals surface area contributed by atoms with Gasteiger partial charge >= 0.3 is 6.09 Å². The molecular weight excluding hydrogens is 687 g/mol. The summed E-state index contributed by atoms with van der Waals surface area (Å²) in [4.78, 5) is 20.6. The molecule has 2 aromatic rings. The number of aliphatic hydroxyl groups excluding tert-OH is 1. The predicted octanol–water partition coefficient (Wildman–Crippen LogP) is 4.23. The molecule has 0 aliphatic carbocycles. The molecule has 1 amide bonds. The molecule has 2 aromatic carbocycles. The number of carbonyl (C=O) groups is 1. The molecule has 6 atom stereocenters. The lowest BCUT2D eigenvalue weighted by Gasteiger charge is -2.34. The summed E-state index contributed by atoms with van der Waals surface area (Å²) in [5.74, 6) is 0.690. The SMILES string of the molecule is C/C(=C\C=C1/CN=C(NC(C)C)O1)S(=O)(=O)NN(Cc1ccccc1)C[C@@H](O)C(Cc1ccccc1)NC(=O)OC1C2COC(C2)OC[C@H]1C(C)C. The van der Waals surface area contributed by atoms with Crippen LogP contribution < -0.4 is 15.5 Å².